The second-order valence-electron chi connectivity index (χ2n) is 2.40. The van der Waals surface area contributed by atoms with Crippen LogP contribution in [0.4, 0.5) is 0 Å². The van der Waals surface area contributed by atoms with Gasteiger partial charge in [0.2, 0.25) is 0 Å². The van der Waals surface area contributed by atoms with Crippen LogP contribution < -0.4 is 5.09 Å². The molecule has 0 rings (SSSR count). The number of hydrogen-bond donors (Lipinski definition) is 1. The van der Waals surface area contributed by atoms with Crippen LogP contribution in [0.2, 0.25) is 0 Å². The molecule has 0 fully saturated rings. The fraction of sp³-hybridized carbons (Fsp3) is 0.833. The summed E-state index contributed by atoms with van der Waals surface area (Å²) in [5.74, 6) is -0.464. The van der Waals surface area contributed by atoms with Gasteiger partial charge < -0.3 is 9.26 Å². The highest BCUT2D eigenvalue weighted by Gasteiger charge is 2.21. The van der Waals surface area contributed by atoms with Crippen molar-refractivity contribution in [2.45, 2.75) is 13.0 Å². The molecule has 0 aliphatic rings. The van der Waals surface area contributed by atoms with E-state index in [4.69, 9.17) is 0 Å². The van der Waals surface area contributed by atoms with Crippen LogP contribution in [-0.2, 0) is 18.6 Å². The van der Waals surface area contributed by atoms with Gasteiger partial charge >= 0.3 is 5.97 Å². The molecule has 0 spiro atoms. The first-order chi connectivity index (χ1) is 5.43. The fourth-order valence-corrected chi connectivity index (χ4v) is 1.55. The SMILES string of the molecule is COC(=O)[C@@H](C)NP(C)(=O)OC. The van der Waals surface area contributed by atoms with E-state index in [0.29, 0.717) is 0 Å². The third-order valence-electron chi connectivity index (χ3n) is 1.33. The molecule has 0 saturated heterocycles. The lowest BCUT2D eigenvalue weighted by atomic mass is 10.4. The van der Waals surface area contributed by atoms with Crippen molar-refractivity contribution in [3.8, 4) is 0 Å². The molecule has 0 aromatic carbocycles. The molecule has 0 aromatic rings. The van der Waals surface area contributed by atoms with Gasteiger partial charge in [-0.1, -0.05) is 0 Å². The molecule has 0 heterocycles. The molecule has 2 atom stereocenters. The summed E-state index contributed by atoms with van der Waals surface area (Å²) in [6.07, 6.45) is 0. The largest absolute Gasteiger partial charge is 0.468 e. The minimum Gasteiger partial charge on any atom is -0.468 e. The average molecular weight is 195 g/mol. The average Bonchev–Trinajstić information content (AvgIpc) is 2.02. The first-order valence-electron chi connectivity index (χ1n) is 3.42. The van der Waals surface area contributed by atoms with Gasteiger partial charge in [-0.05, 0) is 6.92 Å². The van der Waals surface area contributed by atoms with Crippen LogP contribution in [0.25, 0.3) is 0 Å². The van der Waals surface area contributed by atoms with Gasteiger partial charge in [0.05, 0.1) is 7.11 Å². The molecule has 0 aliphatic heterocycles. The molecule has 0 saturated carbocycles. The molecule has 0 bridgehead atoms. The van der Waals surface area contributed by atoms with E-state index in [9.17, 15) is 9.36 Å². The van der Waals surface area contributed by atoms with Crippen LogP contribution in [0.1, 0.15) is 6.92 Å². The lowest BCUT2D eigenvalue weighted by molar-refractivity contribution is -0.142. The quantitative estimate of drug-likeness (QED) is 0.525. The molecule has 0 aliphatic carbocycles. The Balaban J connectivity index is 4.09. The number of nitrogens with one attached hydrogen (secondary N) is 1. The molecule has 1 N–H and O–H groups in total. The molecular formula is C6H14NO4P. The van der Waals surface area contributed by atoms with E-state index in [0.717, 1.165) is 0 Å². The van der Waals surface area contributed by atoms with Gasteiger partial charge in [-0.3, -0.25) is 9.36 Å². The molecule has 72 valence electrons. The number of carbonyl (C=O) groups is 1. The lowest BCUT2D eigenvalue weighted by Crippen LogP contribution is -2.32. The Morgan fingerprint density at radius 1 is 1.50 bits per heavy atom. The highest BCUT2D eigenvalue weighted by Crippen LogP contribution is 2.36. The van der Waals surface area contributed by atoms with Crippen molar-refractivity contribution in [2.75, 3.05) is 20.9 Å². The highest BCUT2D eigenvalue weighted by atomic mass is 31.2. The fourth-order valence-electron chi connectivity index (χ4n) is 0.634. The van der Waals surface area contributed by atoms with Crippen LogP contribution in [0, 0.1) is 0 Å². The molecule has 0 amide bonds. The molecule has 12 heavy (non-hydrogen) atoms. The van der Waals surface area contributed by atoms with Crippen LogP contribution in [-0.4, -0.2) is 32.9 Å². The van der Waals surface area contributed by atoms with Crippen molar-refractivity contribution in [1.29, 1.82) is 0 Å². The Morgan fingerprint density at radius 3 is 2.33 bits per heavy atom. The summed E-state index contributed by atoms with van der Waals surface area (Å²) in [7, 11) is -0.258. The van der Waals surface area contributed by atoms with Gasteiger partial charge in [-0.25, -0.2) is 5.09 Å². The van der Waals surface area contributed by atoms with Crippen LogP contribution in [0.3, 0.4) is 0 Å². The highest BCUT2D eigenvalue weighted by molar-refractivity contribution is 7.56. The van der Waals surface area contributed by atoms with E-state index in [1.54, 1.807) is 6.92 Å². The summed E-state index contributed by atoms with van der Waals surface area (Å²) in [6.45, 7) is 2.95. The number of rotatable bonds is 4. The lowest BCUT2D eigenvalue weighted by Gasteiger charge is -2.16. The van der Waals surface area contributed by atoms with Crippen LogP contribution >= 0.6 is 7.52 Å². The zero-order chi connectivity index (χ0) is 9.78. The van der Waals surface area contributed by atoms with Crippen LogP contribution in [0.15, 0.2) is 0 Å². The van der Waals surface area contributed by atoms with E-state index >= 15 is 0 Å². The Labute approximate surface area is 71.9 Å². The van der Waals surface area contributed by atoms with Crippen molar-refractivity contribution in [3.05, 3.63) is 0 Å². The maximum absolute atomic E-state index is 11.3. The Morgan fingerprint density at radius 2 is 2.00 bits per heavy atom. The van der Waals surface area contributed by atoms with E-state index in [2.05, 4.69) is 14.3 Å². The normalized spacial score (nSPS) is 18.0. The van der Waals surface area contributed by atoms with E-state index in [-0.39, 0.29) is 0 Å². The maximum atomic E-state index is 11.3. The zero-order valence-corrected chi connectivity index (χ0v) is 8.55. The van der Waals surface area contributed by atoms with Gasteiger partial charge in [0, 0.05) is 13.8 Å². The number of carbonyl (C=O) groups excluding carboxylic acids is 1. The molecule has 0 aromatic heterocycles. The number of esters is 1. The second kappa shape index (κ2) is 4.60. The van der Waals surface area contributed by atoms with Gasteiger partial charge in [-0.2, -0.15) is 0 Å². The minimum atomic E-state index is -2.85. The summed E-state index contributed by atoms with van der Waals surface area (Å²) in [6, 6.07) is -0.620. The molecule has 1 unspecified atom stereocenters. The van der Waals surface area contributed by atoms with Crippen molar-refractivity contribution in [3.63, 3.8) is 0 Å². The Hall–Kier alpha value is -0.380. The standard InChI is InChI=1S/C6H14NO4P/c1-5(6(8)10-2)7-12(4,9)11-3/h5H,1-4H3,(H,7,9)/t5-,12?/m1/s1. The summed E-state index contributed by atoms with van der Waals surface area (Å²) in [4.78, 5) is 10.8. The van der Waals surface area contributed by atoms with E-state index in [1.165, 1.54) is 20.9 Å². The monoisotopic (exact) mass is 195 g/mol. The van der Waals surface area contributed by atoms with Gasteiger partial charge in [0.15, 0.2) is 0 Å². The third-order valence-corrected chi connectivity index (χ3v) is 2.88. The Kier molecular flexibility index (Phi) is 4.45. The van der Waals surface area contributed by atoms with Crippen molar-refractivity contribution < 1.29 is 18.6 Å². The first-order valence-corrected chi connectivity index (χ1v) is 5.49. The topological polar surface area (TPSA) is 64.6 Å². The van der Waals surface area contributed by atoms with E-state index in [1.807, 2.05) is 0 Å². The summed E-state index contributed by atoms with van der Waals surface area (Å²) in [5.41, 5.74) is 0. The van der Waals surface area contributed by atoms with Gasteiger partial charge in [0.1, 0.15) is 6.04 Å². The molecule has 6 heteroatoms. The third kappa shape index (κ3) is 3.85. The van der Waals surface area contributed by atoms with Crippen molar-refractivity contribution in [1.82, 2.24) is 5.09 Å². The smallest absolute Gasteiger partial charge is 0.323 e. The number of hydrogen-bond acceptors (Lipinski definition) is 4. The van der Waals surface area contributed by atoms with Gasteiger partial charge in [-0.15, -0.1) is 0 Å². The zero-order valence-electron chi connectivity index (χ0n) is 7.66. The predicted octanol–water partition coefficient (Wildman–Crippen LogP) is 0.607. The summed E-state index contributed by atoms with van der Waals surface area (Å²) >= 11 is 0. The maximum Gasteiger partial charge on any atom is 0.323 e. The first kappa shape index (κ1) is 11.6. The summed E-state index contributed by atoms with van der Waals surface area (Å²) < 4.78 is 20.3. The predicted molar refractivity (Wildman–Crippen MR) is 45.2 cm³/mol. The minimum absolute atomic E-state index is 0.464. The molecular weight excluding hydrogens is 181 g/mol. The van der Waals surface area contributed by atoms with Crippen LogP contribution in [0.5, 0.6) is 0 Å². The molecule has 5 nitrogen and oxygen atoms in total. The number of ether oxygens (including phenoxy) is 1. The molecule has 0 radical (unpaired) electrons. The summed E-state index contributed by atoms with van der Waals surface area (Å²) in [5, 5.41) is 2.52. The van der Waals surface area contributed by atoms with Gasteiger partial charge in [0.25, 0.3) is 7.52 Å². The Bertz CT molecular complexity index is 206. The second-order valence-corrected chi connectivity index (χ2v) is 4.72. The number of methoxy groups -OCH3 is 1. The van der Waals surface area contributed by atoms with Crippen molar-refractivity contribution >= 4 is 13.5 Å². The van der Waals surface area contributed by atoms with Crippen molar-refractivity contribution in [2.24, 2.45) is 0 Å². The van der Waals surface area contributed by atoms with E-state index < -0.39 is 19.5 Å².